The second kappa shape index (κ2) is 5.28. The molecule has 0 spiro atoms. The highest BCUT2D eigenvalue weighted by Crippen LogP contribution is 2.24. The number of likely N-dealkylation sites (N-methyl/N-ethyl adjacent to an activating group) is 1. The molecular weight excluding hydrogens is 254 g/mol. The molecule has 3 rings (SSSR count). The number of benzene rings is 1. The van der Waals surface area contributed by atoms with Crippen molar-refractivity contribution in [3.05, 3.63) is 42.1 Å². The Morgan fingerprint density at radius 1 is 1.30 bits per heavy atom. The minimum absolute atomic E-state index is 0.351. The van der Waals surface area contributed by atoms with Crippen LogP contribution < -0.4 is 4.90 Å². The maximum absolute atomic E-state index is 11.9. The van der Waals surface area contributed by atoms with Gasteiger partial charge in [-0.1, -0.05) is 30.3 Å². The van der Waals surface area contributed by atoms with E-state index in [2.05, 4.69) is 9.97 Å². The van der Waals surface area contributed by atoms with E-state index in [0.717, 1.165) is 12.1 Å². The number of nitrogens with zero attached hydrogens (tertiary/aromatic N) is 3. The third-order valence-corrected chi connectivity index (χ3v) is 3.30. The summed E-state index contributed by atoms with van der Waals surface area (Å²) in [6.45, 7) is 3.84. The van der Waals surface area contributed by atoms with E-state index < -0.39 is 0 Å². The van der Waals surface area contributed by atoms with Crippen molar-refractivity contribution in [1.82, 2.24) is 9.97 Å². The number of hydrogen-bond donors (Lipinski definition) is 0. The van der Waals surface area contributed by atoms with Crippen molar-refractivity contribution in [2.75, 3.05) is 24.6 Å². The van der Waals surface area contributed by atoms with Crippen LogP contribution in [0.25, 0.3) is 11.4 Å². The Morgan fingerprint density at radius 3 is 2.85 bits per heavy atom. The van der Waals surface area contributed by atoms with E-state index in [9.17, 15) is 4.79 Å². The van der Waals surface area contributed by atoms with Crippen molar-refractivity contribution in [1.29, 1.82) is 0 Å². The Hall–Kier alpha value is -2.43. The first-order valence-electron chi connectivity index (χ1n) is 6.64. The molecule has 5 heteroatoms. The van der Waals surface area contributed by atoms with Crippen LogP contribution in [0.15, 0.2) is 36.5 Å². The normalized spacial score (nSPS) is 14.4. The fourth-order valence-corrected chi connectivity index (χ4v) is 2.22. The van der Waals surface area contributed by atoms with Crippen molar-refractivity contribution >= 4 is 11.8 Å². The molecule has 1 aliphatic heterocycles. The van der Waals surface area contributed by atoms with Crippen LogP contribution in [0.5, 0.6) is 0 Å². The van der Waals surface area contributed by atoms with E-state index in [0.29, 0.717) is 30.4 Å². The van der Waals surface area contributed by atoms with E-state index >= 15 is 0 Å². The smallest absolute Gasteiger partial charge is 0.343 e. The van der Waals surface area contributed by atoms with Crippen LogP contribution in [-0.2, 0) is 4.74 Å². The van der Waals surface area contributed by atoms with Crippen molar-refractivity contribution in [2.24, 2.45) is 0 Å². The summed E-state index contributed by atoms with van der Waals surface area (Å²) in [5, 5.41) is 0. The summed E-state index contributed by atoms with van der Waals surface area (Å²) < 4.78 is 5.15. The first-order chi connectivity index (χ1) is 9.79. The van der Waals surface area contributed by atoms with Crippen LogP contribution in [0, 0.1) is 0 Å². The Bertz CT molecular complexity index is 628. The number of carbonyl (C=O) groups excluding carboxylic acids is 1. The standard InChI is InChI=1S/C15H15N3O2/c1-2-18-8-9-20-15(19)12-10-16-13(17-14(12)18)11-6-4-3-5-7-11/h3-7,10H,2,8-9H2,1H3. The monoisotopic (exact) mass is 269 g/mol. The van der Waals surface area contributed by atoms with Crippen molar-refractivity contribution < 1.29 is 9.53 Å². The SMILES string of the molecule is CCN1CCOC(=O)c2cnc(-c3ccccc3)nc21. The molecule has 0 aliphatic carbocycles. The van der Waals surface area contributed by atoms with Gasteiger partial charge in [-0.3, -0.25) is 0 Å². The zero-order valence-electron chi connectivity index (χ0n) is 11.2. The van der Waals surface area contributed by atoms with E-state index in [4.69, 9.17) is 4.74 Å². The molecule has 0 fully saturated rings. The summed E-state index contributed by atoms with van der Waals surface area (Å²) >= 11 is 0. The third-order valence-electron chi connectivity index (χ3n) is 3.30. The van der Waals surface area contributed by atoms with Gasteiger partial charge in [0.1, 0.15) is 18.0 Å². The first kappa shape index (κ1) is 12.6. The first-order valence-corrected chi connectivity index (χ1v) is 6.64. The quantitative estimate of drug-likeness (QED) is 0.782. The average molecular weight is 269 g/mol. The molecule has 0 radical (unpaired) electrons. The molecular formula is C15H15N3O2. The van der Waals surface area contributed by atoms with Gasteiger partial charge in [-0.15, -0.1) is 0 Å². The number of ether oxygens (including phenoxy) is 1. The fourth-order valence-electron chi connectivity index (χ4n) is 2.22. The number of anilines is 1. The van der Waals surface area contributed by atoms with Gasteiger partial charge in [0.15, 0.2) is 5.82 Å². The minimum Gasteiger partial charge on any atom is -0.460 e. The summed E-state index contributed by atoms with van der Waals surface area (Å²) in [6.07, 6.45) is 1.56. The van der Waals surface area contributed by atoms with Gasteiger partial charge in [0.05, 0.1) is 6.54 Å². The number of carbonyl (C=O) groups is 1. The predicted octanol–water partition coefficient (Wildman–Crippen LogP) is 2.14. The van der Waals surface area contributed by atoms with Crippen LogP contribution in [0.2, 0.25) is 0 Å². The van der Waals surface area contributed by atoms with E-state index in [1.807, 2.05) is 42.2 Å². The molecule has 2 aromatic rings. The molecule has 0 bridgehead atoms. The number of esters is 1. The molecule has 1 aliphatic rings. The number of rotatable bonds is 2. The maximum Gasteiger partial charge on any atom is 0.343 e. The Balaban J connectivity index is 2.10. The summed E-state index contributed by atoms with van der Waals surface area (Å²) in [5.41, 5.74) is 1.37. The van der Waals surface area contributed by atoms with Crippen molar-refractivity contribution in [3.8, 4) is 11.4 Å². The van der Waals surface area contributed by atoms with Gasteiger partial charge < -0.3 is 9.64 Å². The van der Waals surface area contributed by atoms with Crippen LogP contribution in [-0.4, -0.2) is 35.6 Å². The minimum atomic E-state index is -0.351. The number of hydrogen-bond acceptors (Lipinski definition) is 5. The fraction of sp³-hybridized carbons (Fsp3) is 0.267. The molecule has 1 aromatic heterocycles. The zero-order valence-corrected chi connectivity index (χ0v) is 11.2. The van der Waals surface area contributed by atoms with Gasteiger partial charge in [0, 0.05) is 18.3 Å². The lowest BCUT2D eigenvalue weighted by Gasteiger charge is -2.20. The molecule has 0 saturated carbocycles. The lowest BCUT2D eigenvalue weighted by Crippen LogP contribution is -2.26. The van der Waals surface area contributed by atoms with E-state index in [1.54, 1.807) is 6.20 Å². The summed E-state index contributed by atoms with van der Waals surface area (Å²) in [4.78, 5) is 22.8. The molecule has 0 unspecified atom stereocenters. The summed E-state index contributed by atoms with van der Waals surface area (Å²) in [7, 11) is 0. The van der Waals surface area contributed by atoms with Crippen molar-refractivity contribution in [2.45, 2.75) is 6.92 Å². The van der Waals surface area contributed by atoms with Gasteiger partial charge in [0.2, 0.25) is 0 Å². The van der Waals surface area contributed by atoms with Gasteiger partial charge >= 0.3 is 5.97 Å². The summed E-state index contributed by atoms with van der Waals surface area (Å²) in [6, 6.07) is 9.73. The molecule has 0 atom stereocenters. The molecule has 102 valence electrons. The van der Waals surface area contributed by atoms with Gasteiger partial charge in [0.25, 0.3) is 0 Å². The van der Waals surface area contributed by atoms with Crippen LogP contribution >= 0.6 is 0 Å². The van der Waals surface area contributed by atoms with Crippen LogP contribution in [0.1, 0.15) is 17.3 Å². The largest absolute Gasteiger partial charge is 0.460 e. The summed E-state index contributed by atoms with van der Waals surface area (Å²) in [5.74, 6) is 0.928. The lowest BCUT2D eigenvalue weighted by atomic mass is 10.2. The highest BCUT2D eigenvalue weighted by Gasteiger charge is 2.24. The van der Waals surface area contributed by atoms with Crippen LogP contribution in [0.4, 0.5) is 5.82 Å². The average Bonchev–Trinajstić information content (AvgIpc) is 2.67. The molecule has 5 nitrogen and oxygen atoms in total. The third kappa shape index (κ3) is 2.22. The van der Waals surface area contributed by atoms with E-state index in [1.165, 1.54) is 0 Å². The predicted molar refractivity (Wildman–Crippen MR) is 75.6 cm³/mol. The molecule has 0 saturated heterocycles. The highest BCUT2D eigenvalue weighted by molar-refractivity contribution is 5.95. The van der Waals surface area contributed by atoms with Gasteiger partial charge in [-0.25, -0.2) is 14.8 Å². The topological polar surface area (TPSA) is 55.3 Å². The number of fused-ring (bicyclic) bond motifs is 1. The molecule has 2 heterocycles. The molecule has 0 N–H and O–H groups in total. The Morgan fingerprint density at radius 2 is 2.10 bits per heavy atom. The second-order valence-electron chi connectivity index (χ2n) is 4.51. The zero-order chi connectivity index (χ0) is 13.9. The Labute approximate surface area is 117 Å². The number of aromatic nitrogens is 2. The van der Waals surface area contributed by atoms with E-state index in [-0.39, 0.29) is 5.97 Å². The second-order valence-corrected chi connectivity index (χ2v) is 4.51. The van der Waals surface area contributed by atoms with Crippen LogP contribution in [0.3, 0.4) is 0 Å². The highest BCUT2D eigenvalue weighted by atomic mass is 16.5. The lowest BCUT2D eigenvalue weighted by molar-refractivity contribution is 0.0526. The van der Waals surface area contributed by atoms with Gasteiger partial charge in [-0.05, 0) is 6.92 Å². The number of cyclic esters (lactones) is 1. The molecule has 1 aromatic carbocycles. The Kier molecular flexibility index (Phi) is 3.33. The van der Waals surface area contributed by atoms with Gasteiger partial charge in [-0.2, -0.15) is 0 Å². The van der Waals surface area contributed by atoms with Crippen molar-refractivity contribution in [3.63, 3.8) is 0 Å². The molecule has 0 amide bonds. The maximum atomic E-state index is 11.9. The molecule has 20 heavy (non-hydrogen) atoms.